The first-order chi connectivity index (χ1) is 9.63. The van der Waals surface area contributed by atoms with Crippen LogP contribution in [-0.4, -0.2) is 49.6 Å². The van der Waals surface area contributed by atoms with Crippen molar-refractivity contribution >= 4 is 17.7 Å². The van der Waals surface area contributed by atoms with Gasteiger partial charge in [0.1, 0.15) is 0 Å². The molecule has 0 spiro atoms. The molecule has 0 amide bonds. The zero-order valence-electron chi connectivity index (χ0n) is 12.8. The van der Waals surface area contributed by atoms with Crippen molar-refractivity contribution in [2.24, 2.45) is 0 Å². The summed E-state index contributed by atoms with van der Waals surface area (Å²) in [6.07, 6.45) is 3.20. The van der Waals surface area contributed by atoms with Gasteiger partial charge in [-0.3, -0.25) is 4.79 Å². The van der Waals surface area contributed by atoms with Crippen LogP contribution < -0.4 is 0 Å². The number of nitrogens with zero attached hydrogens (tertiary/aromatic N) is 1. The lowest BCUT2D eigenvalue weighted by Gasteiger charge is -2.29. The summed E-state index contributed by atoms with van der Waals surface area (Å²) in [4.78, 5) is 14.3. The van der Waals surface area contributed by atoms with Crippen LogP contribution in [0.2, 0.25) is 0 Å². The van der Waals surface area contributed by atoms with E-state index in [-0.39, 0.29) is 11.9 Å². The number of methoxy groups -OCH3 is 1. The number of carbonyl (C=O) groups is 1. The van der Waals surface area contributed by atoms with Gasteiger partial charge in [0.05, 0.1) is 13.0 Å². The molecule has 1 rings (SSSR count). The SMILES string of the molecule is CCC(CSC)N(C)CC(C(=O)OC)c1ccccc1. The first kappa shape index (κ1) is 17.1. The average molecular weight is 295 g/mol. The Morgan fingerprint density at radius 3 is 2.50 bits per heavy atom. The van der Waals surface area contributed by atoms with Crippen molar-refractivity contribution in [3.63, 3.8) is 0 Å². The largest absolute Gasteiger partial charge is 0.469 e. The number of likely N-dealkylation sites (N-methyl/N-ethyl adjacent to an activating group) is 1. The molecule has 20 heavy (non-hydrogen) atoms. The molecule has 3 nitrogen and oxygen atoms in total. The van der Waals surface area contributed by atoms with Crippen LogP contribution >= 0.6 is 11.8 Å². The predicted octanol–water partition coefficient (Wildman–Crippen LogP) is 3.02. The maximum Gasteiger partial charge on any atom is 0.314 e. The van der Waals surface area contributed by atoms with E-state index < -0.39 is 0 Å². The molecule has 4 heteroatoms. The quantitative estimate of drug-likeness (QED) is 0.690. The fourth-order valence-electron chi connectivity index (χ4n) is 2.33. The zero-order chi connectivity index (χ0) is 15.0. The molecule has 1 aromatic carbocycles. The van der Waals surface area contributed by atoms with Crippen molar-refractivity contribution < 1.29 is 9.53 Å². The van der Waals surface area contributed by atoms with Crippen molar-refractivity contribution in [2.45, 2.75) is 25.3 Å². The van der Waals surface area contributed by atoms with Crippen molar-refractivity contribution in [3.05, 3.63) is 35.9 Å². The van der Waals surface area contributed by atoms with E-state index in [0.29, 0.717) is 12.6 Å². The molecule has 0 saturated carbocycles. The summed E-state index contributed by atoms with van der Waals surface area (Å²) in [6, 6.07) is 10.4. The highest BCUT2D eigenvalue weighted by Gasteiger charge is 2.25. The standard InChI is InChI=1S/C16H25NO2S/c1-5-14(12-20-4)17(2)11-15(16(18)19-3)13-9-7-6-8-10-13/h6-10,14-15H,5,11-12H2,1-4H3. The molecule has 0 aliphatic carbocycles. The number of esters is 1. The first-order valence-corrected chi connectivity index (χ1v) is 8.35. The topological polar surface area (TPSA) is 29.5 Å². The Hall–Kier alpha value is -1.00. The number of hydrogen-bond donors (Lipinski definition) is 0. The van der Waals surface area contributed by atoms with Gasteiger partial charge in [-0.25, -0.2) is 0 Å². The second-order valence-corrected chi connectivity index (χ2v) is 5.85. The summed E-state index contributed by atoms with van der Waals surface area (Å²) in [7, 11) is 3.54. The maximum atomic E-state index is 12.1. The molecule has 0 heterocycles. The third-order valence-corrected chi connectivity index (χ3v) is 4.33. The van der Waals surface area contributed by atoms with E-state index in [1.54, 1.807) is 0 Å². The third kappa shape index (κ3) is 4.84. The number of benzene rings is 1. The Morgan fingerprint density at radius 2 is 2.00 bits per heavy atom. The summed E-state index contributed by atoms with van der Waals surface area (Å²) < 4.78 is 4.97. The van der Waals surface area contributed by atoms with Crippen LogP contribution in [0.5, 0.6) is 0 Å². The smallest absolute Gasteiger partial charge is 0.314 e. The van der Waals surface area contributed by atoms with Crippen LogP contribution in [0.4, 0.5) is 0 Å². The van der Waals surface area contributed by atoms with Gasteiger partial charge < -0.3 is 9.64 Å². The molecule has 0 fully saturated rings. The Kier molecular flexibility index (Phi) is 7.70. The molecule has 0 N–H and O–H groups in total. The normalized spacial score (nSPS) is 14.1. The Morgan fingerprint density at radius 1 is 1.35 bits per heavy atom. The van der Waals surface area contributed by atoms with E-state index in [1.807, 2.05) is 42.1 Å². The van der Waals surface area contributed by atoms with Crippen LogP contribution in [0.15, 0.2) is 30.3 Å². The number of ether oxygens (including phenoxy) is 1. The molecule has 112 valence electrons. The first-order valence-electron chi connectivity index (χ1n) is 6.95. The Balaban J connectivity index is 2.83. The number of rotatable bonds is 8. The Bertz CT molecular complexity index is 397. The van der Waals surface area contributed by atoms with Crippen LogP contribution in [0.1, 0.15) is 24.8 Å². The van der Waals surface area contributed by atoms with Crippen molar-refractivity contribution in [3.8, 4) is 0 Å². The van der Waals surface area contributed by atoms with Crippen LogP contribution in [0.25, 0.3) is 0 Å². The molecule has 0 aromatic heterocycles. The Labute approximate surface area is 126 Å². The fraction of sp³-hybridized carbons (Fsp3) is 0.562. The molecule has 0 aliphatic heterocycles. The summed E-state index contributed by atoms with van der Waals surface area (Å²) in [5.41, 5.74) is 1.02. The van der Waals surface area contributed by atoms with E-state index in [1.165, 1.54) is 7.11 Å². The number of carbonyl (C=O) groups excluding carboxylic acids is 1. The van der Waals surface area contributed by atoms with Crippen molar-refractivity contribution in [1.82, 2.24) is 4.90 Å². The van der Waals surface area contributed by atoms with Gasteiger partial charge in [0.15, 0.2) is 0 Å². The van der Waals surface area contributed by atoms with Crippen LogP contribution in [0, 0.1) is 0 Å². The van der Waals surface area contributed by atoms with Gasteiger partial charge >= 0.3 is 5.97 Å². The third-order valence-electron chi connectivity index (χ3n) is 3.61. The van der Waals surface area contributed by atoms with Gasteiger partial charge in [0, 0.05) is 18.3 Å². The van der Waals surface area contributed by atoms with Crippen LogP contribution in [0.3, 0.4) is 0 Å². The molecule has 0 aliphatic rings. The average Bonchev–Trinajstić information content (AvgIpc) is 2.50. The number of thioether (sulfide) groups is 1. The fourth-order valence-corrected chi connectivity index (χ4v) is 3.20. The van der Waals surface area contributed by atoms with Gasteiger partial charge in [-0.15, -0.1) is 0 Å². The predicted molar refractivity (Wildman–Crippen MR) is 86.3 cm³/mol. The molecule has 0 saturated heterocycles. The molecule has 0 radical (unpaired) electrons. The molecular weight excluding hydrogens is 270 g/mol. The van der Waals surface area contributed by atoms with Crippen molar-refractivity contribution in [2.75, 3.05) is 32.7 Å². The highest BCUT2D eigenvalue weighted by molar-refractivity contribution is 7.98. The lowest BCUT2D eigenvalue weighted by Crippen LogP contribution is -2.38. The molecule has 1 aromatic rings. The second kappa shape index (κ2) is 9.03. The number of hydrogen-bond acceptors (Lipinski definition) is 4. The minimum absolute atomic E-state index is 0.165. The van der Waals surface area contributed by atoms with Gasteiger partial charge in [0.2, 0.25) is 0 Å². The molecule has 2 atom stereocenters. The second-order valence-electron chi connectivity index (χ2n) is 4.94. The van der Waals surface area contributed by atoms with Gasteiger partial charge in [0.25, 0.3) is 0 Å². The minimum atomic E-state index is -0.220. The van der Waals surface area contributed by atoms with Gasteiger partial charge in [-0.1, -0.05) is 37.3 Å². The van der Waals surface area contributed by atoms with E-state index in [2.05, 4.69) is 25.1 Å². The lowest BCUT2D eigenvalue weighted by molar-refractivity contribution is -0.143. The van der Waals surface area contributed by atoms with E-state index in [4.69, 9.17) is 4.74 Å². The van der Waals surface area contributed by atoms with Gasteiger partial charge in [-0.05, 0) is 25.3 Å². The molecule has 2 unspecified atom stereocenters. The summed E-state index contributed by atoms with van der Waals surface area (Å²) in [6.45, 7) is 2.88. The zero-order valence-corrected chi connectivity index (χ0v) is 13.7. The summed E-state index contributed by atoms with van der Waals surface area (Å²) in [5.74, 6) is 0.694. The summed E-state index contributed by atoms with van der Waals surface area (Å²) in [5, 5.41) is 0. The van der Waals surface area contributed by atoms with Gasteiger partial charge in [-0.2, -0.15) is 11.8 Å². The highest BCUT2D eigenvalue weighted by Crippen LogP contribution is 2.20. The maximum absolute atomic E-state index is 12.1. The lowest BCUT2D eigenvalue weighted by atomic mass is 9.98. The highest BCUT2D eigenvalue weighted by atomic mass is 32.2. The van der Waals surface area contributed by atoms with E-state index in [0.717, 1.165) is 17.7 Å². The molecular formula is C16H25NO2S. The monoisotopic (exact) mass is 295 g/mol. The molecule has 0 bridgehead atoms. The van der Waals surface area contributed by atoms with Crippen molar-refractivity contribution in [1.29, 1.82) is 0 Å². The van der Waals surface area contributed by atoms with Crippen LogP contribution in [-0.2, 0) is 9.53 Å². The minimum Gasteiger partial charge on any atom is -0.469 e. The van der Waals surface area contributed by atoms with E-state index >= 15 is 0 Å². The van der Waals surface area contributed by atoms with E-state index in [9.17, 15) is 4.79 Å². The summed E-state index contributed by atoms with van der Waals surface area (Å²) >= 11 is 1.84.